The van der Waals surface area contributed by atoms with Gasteiger partial charge in [-0.1, -0.05) is 23.2 Å². The predicted octanol–water partition coefficient (Wildman–Crippen LogP) is 4.58. The zero-order chi connectivity index (χ0) is 19.1. The number of ether oxygens (including phenoxy) is 2. The van der Waals surface area contributed by atoms with Gasteiger partial charge >= 0.3 is 6.18 Å². The highest BCUT2D eigenvalue weighted by Gasteiger charge is 2.36. The Morgan fingerprint density at radius 1 is 1.04 bits per heavy atom. The van der Waals surface area contributed by atoms with Crippen molar-refractivity contribution in [1.29, 1.82) is 0 Å². The van der Waals surface area contributed by atoms with Gasteiger partial charge in [0, 0.05) is 5.02 Å². The standard InChI is InChI=1S/C15H10Cl2F3NO4S/c16-8-1-3-11(9(7-8)15(18,19)20)21-26(22,23)14-10(17)2-4-12-13(14)25-6-5-24-12/h1-4,7,21H,5-6H2. The summed E-state index contributed by atoms with van der Waals surface area (Å²) < 4.78 is 77.5. The Kier molecular flexibility index (Phi) is 4.89. The number of rotatable bonds is 3. The highest BCUT2D eigenvalue weighted by Crippen LogP contribution is 2.43. The van der Waals surface area contributed by atoms with Gasteiger partial charge in [0.15, 0.2) is 16.4 Å². The third-order valence-corrected chi connectivity index (χ3v) is 5.51. The van der Waals surface area contributed by atoms with Crippen LogP contribution in [0.15, 0.2) is 35.2 Å². The molecule has 0 amide bonds. The summed E-state index contributed by atoms with van der Waals surface area (Å²) in [6.07, 6.45) is -4.82. The molecule has 26 heavy (non-hydrogen) atoms. The molecule has 0 saturated carbocycles. The topological polar surface area (TPSA) is 64.6 Å². The molecule has 3 rings (SSSR count). The first-order chi connectivity index (χ1) is 12.1. The van der Waals surface area contributed by atoms with Crippen LogP contribution in [0.4, 0.5) is 18.9 Å². The van der Waals surface area contributed by atoms with Gasteiger partial charge in [-0.3, -0.25) is 4.72 Å². The molecule has 5 nitrogen and oxygen atoms in total. The van der Waals surface area contributed by atoms with Crippen LogP contribution in [0.3, 0.4) is 0 Å². The second-order valence-electron chi connectivity index (χ2n) is 5.19. The van der Waals surface area contributed by atoms with Crippen molar-refractivity contribution < 1.29 is 31.1 Å². The number of hydrogen-bond donors (Lipinski definition) is 1. The molecule has 0 aliphatic carbocycles. The summed E-state index contributed by atoms with van der Waals surface area (Å²) in [4.78, 5) is -0.501. The van der Waals surface area contributed by atoms with E-state index in [2.05, 4.69) is 0 Å². The molecule has 1 heterocycles. The van der Waals surface area contributed by atoms with Crippen molar-refractivity contribution in [3.05, 3.63) is 45.9 Å². The number of alkyl halides is 3. The molecule has 0 aromatic heterocycles. The van der Waals surface area contributed by atoms with Gasteiger partial charge < -0.3 is 9.47 Å². The van der Waals surface area contributed by atoms with Crippen LogP contribution in [0.2, 0.25) is 10.0 Å². The number of nitrogens with one attached hydrogen (secondary N) is 1. The SMILES string of the molecule is O=S(=O)(Nc1ccc(Cl)cc1C(F)(F)F)c1c(Cl)ccc2c1OCCO2. The number of sulfonamides is 1. The van der Waals surface area contributed by atoms with Gasteiger partial charge in [0.25, 0.3) is 10.0 Å². The average Bonchev–Trinajstić information content (AvgIpc) is 2.55. The van der Waals surface area contributed by atoms with E-state index >= 15 is 0 Å². The smallest absolute Gasteiger partial charge is 0.418 e. The second kappa shape index (κ2) is 6.71. The monoisotopic (exact) mass is 427 g/mol. The molecule has 1 N–H and O–H groups in total. The number of halogens is 5. The van der Waals surface area contributed by atoms with E-state index in [-0.39, 0.29) is 34.8 Å². The van der Waals surface area contributed by atoms with E-state index in [0.29, 0.717) is 6.07 Å². The summed E-state index contributed by atoms with van der Waals surface area (Å²) in [6.45, 7) is 0.279. The molecule has 11 heteroatoms. The Morgan fingerprint density at radius 2 is 1.73 bits per heavy atom. The summed E-state index contributed by atoms with van der Waals surface area (Å²) in [5.74, 6) is -0.0213. The summed E-state index contributed by atoms with van der Waals surface area (Å²) in [7, 11) is -4.51. The molecule has 2 aromatic rings. The first kappa shape index (κ1) is 18.9. The van der Waals surface area contributed by atoms with Gasteiger partial charge in [0.2, 0.25) is 0 Å². The van der Waals surface area contributed by atoms with E-state index in [1.165, 1.54) is 12.1 Å². The fourth-order valence-electron chi connectivity index (χ4n) is 2.35. The van der Waals surface area contributed by atoms with E-state index in [1.54, 1.807) is 0 Å². The highest BCUT2D eigenvalue weighted by atomic mass is 35.5. The van der Waals surface area contributed by atoms with Gasteiger partial charge in [0.05, 0.1) is 16.3 Å². The first-order valence-electron chi connectivity index (χ1n) is 7.07. The van der Waals surface area contributed by atoms with E-state index in [9.17, 15) is 21.6 Å². The Bertz CT molecular complexity index is 964. The Labute approximate surface area is 156 Å². The van der Waals surface area contributed by atoms with E-state index in [4.69, 9.17) is 32.7 Å². The van der Waals surface area contributed by atoms with Crippen molar-refractivity contribution in [1.82, 2.24) is 0 Å². The van der Waals surface area contributed by atoms with E-state index in [1.807, 2.05) is 4.72 Å². The van der Waals surface area contributed by atoms with Crippen molar-refractivity contribution in [3.63, 3.8) is 0 Å². The molecule has 0 atom stereocenters. The lowest BCUT2D eigenvalue weighted by atomic mass is 10.2. The maximum absolute atomic E-state index is 13.2. The lowest BCUT2D eigenvalue weighted by Crippen LogP contribution is -2.22. The Balaban J connectivity index is 2.10. The van der Waals surface area contributed by atoms with Gasteiger partial charge in [-0.05, 0) is 30.3 Å². The molecule has 0 unspecified atom stereocenters. The Morgan fingerprint density at radius 3 is 2.42 bits per heavy atom. The van der Waals surface area contributed by atoms with Crippen LogP contribution >= 0.6 is 23.2 Å². The largest absolute Gasteiger partial charge is 0.486 e. The van der Waals surface area contributed by atoms with E-state index < -0.39 is 32.3 Å². The lowest BCUT2D eigenvalue weighted by Gasteiger charge is -2.22. The van der Waals surface area contributed by atoms with E-state index in [0.717, 1.165) is 12.1 Å². The second-order valence-corrected chi connectivity index (χ2v) is 7.66. The normalized spacial score (nSPS) is 14.2. The van der Waals surface area contributed by atoms with Crippen molar-refractivity contribution in [2.45, 2.75) is 11.1 Å². The zero-order valence-corrected chi connectivity index (χ0v) is 15.1. The van der Waals surface area contributed by atoms with Gasteiger partial charge in [-0.25, -0.2) is 8.42 Å². The highest BCUT2D eigenvalue weighted by molar-refractivity contribution is 7.93. The van der Waals surface area contributed by atoms with Crippen LogP contribution in [-0.4, -0.2) is 21.6 Å². The zero-order valence-electron chi connectivity index (χ0n) is 12.7. The molecule has 0 radical (unpaired) electrons. The molecule has 140 valence electrons. The summed E-state index contributed by atoms with van der Waals surface area (Å²) in [6, 6.07) is 5.36. The minimum atomic E-state index is -4.82. The van der Waals surface area contributed by atoms with Gasteiger partial charge in [-0.15, -0.1) is 0 Å². The molecule has 0 bridgehead atoms. The predicted molar refractivity (Wildman–Crippen MR) is 89.7 cm³/mol. The number of anilines is 1. The maximum Gasteiger partial charge on any atom is 0.418 e. The van der Waals surface area contributed by atoms with Crippen molar-refractivity contribution in [2.75, 3.05) is 17.9 Å². The molecule has 0 spiro atoms. The quantitative estimate of drug-likeness (QED) is 0.777. The molecule has 0 saturated heterocycles. The van der Waals surface area contributed by atoms with Crippen LogP contribution in [0.25, 0.3) is 0 Å². The fraction of sp³-hybridized carbons (Fsp3) is 0.200. The summed E-state index contributed by atoms with van der Waals surface area (Å²) >= 11 is 11.6. The van der Waals surface area contributed by atoms with Crippen LogP contribution in [0.1, 0.15) is 5.56 Å². The third-order valence-electron chi connectivity index (χ3n) is 3.42. The molecule has 2 aromatic carbocycles. The van der Waals surface area contributed by atoms with Crippen molar-refractivity contribution in [2.24, 2.45) is 0 Å². The van der Waals surface area contributed by atoms with Gasteiger partial charge in [-0.2, -0.15) is 13.2 Å². The first-order valence-corrected chi connectivity index (χ1v) is 9.31. The number of hydrogen-bond acceptors (Lipinski definition) is 4. The molecule has 1 aliphatic heterocycles. The number of benzene rings is 2. The fourth-order valence-corrected chi connectivity index (χ4v) is 4.28. The van der Waals surface area contributed by atoms with Crippen molar-refractivity contribution >= 4 is 38.9 Å². The molecular weight excluding hydrogens is 418 g/mol. The van der Waals surface area contributed by atoms with Crippen LogP contribution in [0.5, 0.6) is 11.5 Å². The maximum atomic E-state index is 13.2. The van der Waals surface area contributed by atoms with Crippen LogP contribution in [-0.2, 0) is 16.2 Å². The van der Waals surface area contributed by atoms with Crippen LogP contribution in [0, 0.1) is 0 Å². The lowest BCUT2D eigenvalue weighted by molar-refractivity contribution is -0.136. The molecule has 1 aliphatic rings. The average molecular weight is 428 g/mol. The molecule has 0 fully saturated rings. The van der Waals surface area contributed by atoms with Crippen LogP contribution < -0.4 is 14.2 Å². The van der Waals surface area contributed by atoms with Crippen molar-refractivity contribution in [3.8, 4) is 11.5 Å². The minimum absolute atomic E-state index is 0.0740. The molecular formula is C15H10Cl2F3NO4S. The number of fused-ring (bicyclic) bond motifs is 1. The Hall–Kier alpha value is -1.84. The summed E-state index contributed by atoms with van der Waals surface area (Å²) in [5, 5.41) is -0.406. The summed E-state index contributed by atoms with van der Waals surface area (Å²) in [5.41, 5.74) is -1.92. The minimum Gasteiger partial charge on any atom is -0.486 e. The van der Waals surface area contributed by atoms with Gasteiger partial charge in [0.1, 0.15) is 13.2 Å². The third kappa shape index (κ3) is 3.65.